The molecule has 1 atom stereocenters. The smallest absolute Gasteiger partial charge is 0.222 e. The summed E-state index contributed by atoms with van der Waals surface area (Å²) in [5.41, 5.74) is 4.82. The van der Waals surface area contributed by atoms with Gasteiger partial charge in [-0.25, -0.2) is 0 Å². The highest BCUT2D eigenvalue weighted by Crippen LogP contribution is 2.46. The van der Waals surface area contributed by atoms with E-state index in [-0.39, 0.29) is 11.8 Å². The second-order valence-corrected chi connectivity index (χ2v) is 9.86. The summed E-state index contributed by atoms with van der Waals surface area (Å²) in [5, 5.41) is 1.42. The lowest BCUT2D eigenvalue weighted by molar-refractivity contribution is -0.132. The average Bonchev–Trinajstić information content (AvgIpc) is 2.92. The maximum absolute atomic E-state index is 12.3. The Balaban J connectivity index is 0.00000132. The zero-order valence-electron chi connectivity index (χ0n) is 18.6. The highest BCUT2D eigenvalue weighted by atomic mass is 79.9. The topological polar surface area (TPSA) is 33.2 Å². The molecule has 2 aliphatic rings. The van der Waals surface area contributed by atoms with Crippen LogP contribution in [0.3, 0.4) is 0 Å². The van der Waals surface area contributed by atoms with Gasteiger partial charge in [-0.15, -0.1) is 0 Å². The molecule has 1 aromatic heterocycles. The summed E-state index contributed by atoms with van der Waals surface area (Å²) in [5.74, 6) is 0.826. The number of aromatic nitrogens is 1. The molecule has 1 unspecified atom stereocenters. The van der Waals surface area contributed by atoms with Gasteiger partial charge >= 0.3 is 0 Å². The third kappa shape index (κ3) is 5.46. The number of aryl methyl sites for hydroxylation is 2. The Morgan fingerprint density at radius 2 is 1.81 bits per heavy atom. The van der Waals surface area contributed by atoms with Gasteiger partial charge in [0.1, 0.15) is 0 Å². The van der Waals surface area contributed by atoms with Gasteiger partial charge < -0.3 is 4.90 Å². The van der Waals surface area contributed by atoms with Gasteiger partial charge in [0, 0.05) is 46.1 Å². The molecule has 0 N–H and O–H groups in total. The molecule has 1 saturated heterocycles. The molecule has 1 aliphatic carbocycles. The number of likely N-dealkylation sites (tertiary alicyclic amines) is 1. The molecule has 3 nitrogen and oxygen atoms in total. The van der Waals surface area contributed by atoms with Crippen LogP contribution in [0, 0.1) is 5.92 Å². The summed E-state index contributed by atoms with van der Waals surface area (Å²) in [4.78, 5) is 19.2. The summed E-state index contributed by atoms with van der Waals surface area (Å²) in [6.07, 6.45) is 7.20. The Morgan fingerprint density at radius 1 is 1.13 bits per heavy atom. The number of piperidine rings is 1. The second kappa shape index (κ2) is 11.2. The molecule has 2 aromatic rings. The van der Waals surface area contributed by atoms with Gasteiger partial charge in [0.05, 0.1) is 5.69 Å². The maximum atomic E-state index is 12.3. The van der Waals surface area contributed by atoms with E-state index in [1.165, 1.54) is 16.7 Å². The summed E-state index contributed by atoms with van der Waals surface area (Å²) < 4.78 is 1.00. The monoisotopic (exact) mass is 524 g/mol. The van der Waals surface area contributed by atoms with Crippen molar-refractivity contribution in [3.05, 3.63) is 61.3 Å². The highest BCUT2D eigenvalue weighted by Gasteiger charge is 2.36. The van der Waals surface area contributed by atoms with Crippen LogP contribution >= 0.6 is 39.1 Å². The van der Waals surface area contributed by atoms with Crippen molar-refractivity contribution in [2.75, 3.05) is 13.1 Å². The Bertz CT molecular complexity index is 926. The molecule has 168 valence electrons. The van der Waals surface area contributed by atoms with Crippen LogP contribution in [0.4, 0.5) is 0 Å². The van der Waals surface area contributed by atoms with Gasteiger partial charge in [0.15, 0.2) is 0 Å². The Morgan fingerprint density at radius 3 is 2.48 bits per heavy atom. The van der Waals surface area contributed by atoms with Crippen molar-refractivity contribution in [1.82, 2.24) is 9.88 Å². The third-order valence-corrected chi connectivity index (χ3v) is 7.21. The lowest BCUT2D eigenvalue weighted by Crippen LogP contribution is -2.40. The van der Waals surface area contributed by atoms with Gasteiger partial charge in [0.25, 0.3) is 0 Å². The fraction of sp³-hybridized carbons (Fsp3) is 0.520. The summed E-state index contributed by atoms with van der Waals surface area (Å²) in [6, 6.07) is 6.12. The number of fused-ring (bicyclic) bond motifs is 2. The number of amides is 1. The number of nitrogens with zero attached hydrogens (tertiary/aromatic N) is 2. The minimum absolute atomic E-state index is 0.142. The van der Waals surface area contributed by atoms with Crippen molar-refractivity contribution in [3.8, 4) is 0 Å². The number of pyridine rings is 1. The first-order valence-electron chi connectivity index (χ1n) is 11.4. The van der Waals surface area contributed by atoms with Crippen molar-refractivity contribution in [3.63, 3.8) is 0 Å². The number of halogens is 3. The standard InChI is InChI=1S/C23H25BrCl2N2O.C2H6/c1-2-3-20(29)28-8-6-14(7-9-28)22-21-15(11-18(25)12-19(21)26)4-5-16-10-17(24)13-27-23(16)22;1-2/h10-14,22H,2-9H2,1H3;1-2H3. The van der Waals surface area contributed by atoms with Crippen LogP contribution in [-0.4, -0.2) is 28.9 Å². The molecule has 2 heterocycles. The second-order valence-electron chi connectivity index (χ2n) is 8.10. The molecule has 31 heavy (non-hydrogen) atoms. The van der Waals surface area contributed by atoms with Crippen LogP contribution in [0.5, 0.6) is 0 Å². The predicted octanol–water partition coefficient (Wildman–Crippen LogP) is 7.45. The van der Waals surface area contributed by atoms with Crippen LogP contribution in [0.1, 0.15) is 74.8 Å². The Hall–Kier alpha value is -1.10. The largest absolute Gasteiger partial charge is 0.343 e. The molecule has 0 radical (unpaired) electrons. The zero-order valence-corrected chi connectivity index (χ0v) is 21.7. The molecule has 0 saturated carbocycles. The van der Waals surface area contributed by atoms with E-state index in [9.17, 15) is 4.79 Å². The molecule has 4 rings (SSSR count). The van der Waals surface area contributed by atoms with Gasteiger partial charge in [-0.05, 0) is 88.8 Å². The molecule has 1 aromatic carbocycles. The molecular weight excluding hydrogens is 495 g/mol. The predicted molar refractivity (Wildman–Crippen MR) is 133 cm³/mol. The van der Waals surface area contributed by atoms with Gasteiger partial charge in [-0.3, -0.25) is 9.78 Å². The number of carbonyl (C=O) groups is 1. The van der Waals surface area contributed by atoms with E-state index in [1.807, 2.05) is 31.0 Å². The van der Waals surface area contributed by atoms with Crippen LogP contribution < -0.4 is 0 Å². The van der Waals surface area contributed by atoms with E-state index >= 15 is 0 Å². The molecule has 1 amide bonds. The molecule has 1 aliphatic heterocycles. The van der Waals surface area contributed by atoms with Gasteiger partial charge in [-0.2, -0.15) is 0 Å². The fourth-order valence-electron chi connectivity index (χ4n) is 4.88. The third-order valence-electron chi connectivity index (χ3n) is 6.24. The number of carbonyl (C=O) groups excluding carboxylic acids is 1. The summed E-state index contributed by atoms with van der Waals surface area (Å²) in [7, 11) is 0. The van der Waals surface area contributed by atoms with Crippen LogP contribution in [-0.2, 0) is 17.6 Å². The number of hydrogen-bond donors (Lipinski definition) is 0. The molecule has 1 fully saturated rings. The minimum Gasteiger partial charge on any atom is -0.343 e. The van der Waals surface area contributed by atoms with Crippen molar-refractivity contribution in [2.24, 2.45) is 5.92 Å². The minimum atomic E-state index is 0.142. The molecular formula is C25H31BrCl2N2O. The number of hydrogen-bond acceptors (Lipinski definition) is 2. The van der Waals surface area contributed by atoms with Crippen molar-refractivity contribution in [2.45, 2.75) is 65.2 Å². The lowest BCUT2D eigenvalue weighted by atomic mass is 9.76. The fourth-order valence-corrected chi connectivity index (χ4v) is 5.92. The van der Waals surface area contributed by atoms with E-state index in [0.717, 1.165) is 60.4 Å². The van der Waals surface area contributed by atoms with E-state index in [2.05, 4.69) is 35.0 Å². The first-order chi connectivity index (χ1) is 15.0. The van der Waals surface area contributed by atoms with Crippen LogP contribution in [0.15, 0.2) is 28.9 Å². The van der Waals surface area contributed by atoms with E-state index in [1.54, 1.807) is 0 Å². The Kier molecular flexibility index (Phi) is 8.83. The van der Waals surface area contributed by atoms with E-state index < -0.39 is 0 Å². The van der Waals surface area contributed by atoms with Gasteiger partial charge in [-0.1, -0.05) is 44.0 Å². The average molecular weight is 526 g/mol. The highest BCUT2D eigenvalue weighted by molar-refractivity contribution is 9.10. The van der Waals surface area contributed by atoms with Gasteiger partial charge in [0.2, 0.25) is 5.91 Å². The number of benzene rings is 1. The van der Waals surface area contributed by atoms with E-state index in [0.29, 0.717) is 17.4 Å². The van der Waals surface area contributed by atoms with Crippen molar-refractivity contribution in [1.29, 1.82) is 0 Å². The first kappa shape index (κ1) is 24.5. The SMILES string of the molecule is CC.CCCC(=O)N1CCC(C2c3ncc(Br)cc3CCc3cc(Cl)cc(Cl)c32)CC1. The molecule has 6 heteroatoms. The van der Waals surface area contributed by atoms with Crippen LogP contribution in [0.25, 0.3) is 0 Å². The van der Waals surface area contributed by atoms with Crippen LogP contribution in [0.2, 0.25) is 10.0 Å². The molecule has 0 spiro atoms. The summed E-state index contributed by atoms with van der Waals surface area (Å²) >= 11 is 16.7. The normalized spacial score (nSPS) is 18.4. The van der Waals surface area contributed by atoms with Crippen molar-refractivity contribution >= 4 is 45.0 Å². The van der Waals surface area contributed by atoms with Crippen molar-refractivity contribution < 1.29 is 4.79 Å². The lowest BCUT2D eigenvalue weighted by Gasteiger charge is -2.37. The van der Waals surface area contributed by atoms with E-state index in [4.69, 9.17) is 28.2 Å². The molecule has 0 bridgehead atoms. The quantitative estimate of drug-likeness (QED) is 0.417. The summed E-state index contributed by atoms with van der Waals surface area (Å²) in [6.45, 7) is 7.68. The zero-order chi connectivity index (χ0) is 22.5. The maximum Gasteiger partial charge on any atom is 0.222 e. The number of rotatable bonds is 3. The first-order valence-corrected chi connectivity index (χ1v) is 12.9. The Labute approximate surface area is 204 Å².